The van der Waals surface area contributed by atoms with Gasteiger partial charge in [-0.05, 0) is 12.0 Å². The molecule has 3 nitrogen and oxygen atoms in total. The fourth-order valence-corrected chi connectivity index (χ4v) is 0.920. The van der Waals surface area contributed by atoms with E-state index in [1.807, 2.05) is 0 Å². The van der Waals surface area contributed by atoms with E-state index in [9.17, 15) is 0 Å². The molecule has 0 bridgehead atoms. The van der Waals surface area contributed by atoms with E-state index in [2.05, 4.69) is 0 Å². The molecule has 0 aromatic carbocycles. The molecule has 3 heteroatoms. The summed E-state index contributed by atoms with van der Waals surface area (Å²) in [6.45, 7) is 0.697. The first-order chi connectivity index (χ1) is 5.38. The van der Waals surface area contributed by atoms with Crippen LogP contribution in [0.1, 0.15) is 11.1 Å². The van der Waals surface area contributed by atoms with Crippen LogP contribution >= 0.6 is 0 Å². The van der Waals surface area contributed by atoms with Crippen molar-refractivity contribution in [3.05, 3.63) is 23.7 Å². The maximum Gasteiger partial charge on any atom is 0.0960 e. The summed E-state index contributed by atoms with van der Waals surface area (Å²) in [4.78, 5) is 0. The Morgan fingerprint density at radius 1 is 1.45 bits per heavy atom. The van der Waals surface area contributed by atoms with Crippen molar-refractivity contribution in [2.24, 2.45) is 0 Å². The number of furan rings is 1. The molecule has 1 heterocycles. The van der Waals surface area contributed by atoms with Crippen molar-refractivity contribution in [1.29, 1.82) is 0 Å². The molecule has 1 aromatic heterocycles. The maximum atomic E-state index is 8.81. The Bertz CT molecular complexity index is 205. The number of aliphatic hydroxyl groups excluding tert-OH is 1. The highest BCUT2D eigenvalue weighted by atomic mass is 16.5. The minimum Gasteiger partial charge on any atom is -0.472 e. The standard InChI is InChI=1S/C8H12O3/c1-10-3-2-7-5-11-6-8(7)4-9/h5-6,9H,2-4H2,1H3. The molecule has 1 aromatic rings. The Morgan fingerprint density at radius 3 is 2.82 bits per heavy atom. The number of methoxy groups -OCH3 is 1. The lowest BCUT2D eigenvalue weighted by atomic mass is 10.1. The average molecular weight is 156 g/mol. The van der Waals surface area contributed by atoms with Gasteiger partial charge in [0.05, 0.1) is 25.7 Å². The van der Waals surface area contributed by atoms with E-state index in [0.717, 1.165) is 17.5 Å². The van der Waals surface area contributed by atoms with Crippen LogP contribution in [0.3, 0.4) is 0 Å². The van der Waals surface area contributed by atoms with E-state index >= 15 is 0 Å². The van der Waals surface area contributed by atoms with Crippen LogP contribution < -0.4 is 0 Å². The number of ether oxygens (including phenoxy) is 1. The van der Waals surface area contributed by atoms with E-state index in [1.54, 1.807) is 19.6 Å². The topological polar surface area (TPSA) is 42.6 Å². The Kier molecular flexibility index (Phi) is 3.14. The van der Waals surface area contributed by atoms with E-state index in [4.69, 9.17) is 14.3 Å². The molecule has 62 valence electrons. The highest BCUT2D eigenvalue weighted by molar-refractivity contribution is 5.19. The van der Waals surface area contributed by atoms with Gasteiger partial charge in [-0.3, -0.25) is 0 Å². The minimum atomic E-state index is 0.0372. The van der Waals surface area contributed by atoms with Gasteiger partial charge in [0, 0.05) is 12.7 Å². The van der Waals surface area contributed by atoms with Crippen molar-refractivity contribution in [3.8, 4) is 0 Å². The summed E-state index contributed by atoms with van der Waals surface area (Å²) in [5.41, 5.74) is 1.87. The highest BCUT2D eigenvalue weighted by Crippen LogP contribution is 2.10. The Hall–Kier alpha value is -0.800. The van der Waals surface area contributed by atoms with Crippen LogP contribution in [0.5, 0.6) is 0 Å². The van der Waals surface area contributed by atoms with Crippen molar-refractivity contribution >= 4 is 0 Å². The van der Waals surface area contributed by atoms with Crippen LogP contribution in [0.2, 0.25) is 0 Å². The zero-order valence-corrected chi connectivity index (χ0v) is 6.54. The number of rotatable bonds is 4. The normalized spacial score (nSPS) is 10.4. The van der Waals surface area contributed by atoms with Crippen LogP contribution in [-0.2, 0) is 17.8 Å². The van der Waals surface area contributed by atoms with Crippen LogP contribution in [0.4, 0.5) is 0 Å². The summed E-state index contributed by atoms with van der Waals surface area (Å²) in [7, 11) is 1.65. The molecule has 0 amide bonds. The number of aliphatic hydroxyl groups is 1. The molecule has 0 atom stereocenters. The lowest BCUT2D eigenvalue weighted by Crippen LogP contribution is -1.96. The molecule has 0 saturated carbocycles. The van der Waals surface area contributed by atoms with Crippen LogP contribution in [0.25, 0.3) is 0 Å². The summed E-state index contributed by atoms with van der Waals surface area (Å²) in [5.74, 6) is 0. The third-order valence-electron chi connectivity index (χ3n) is 1.58. The van der Waals surface area contributed by atoms with Gasteiger partial charge < -0.3 is 14.3 Å². The van der Waals surface area contributed by atoms with Gasteiger partial charge in [0.2, 0.25) is 0 Å². The molecule has 0 aliphatic heterocycles. The van der Waals surface area contributed by atoms with Crippen LogP contribution in [0, 0.1) is 0 Å². The molecule has 1 N–H and O–H groups in total. The number of hydrogen-bond donors (Lipinski definition) is 1. The fraction of sp³-hybridized carbons (Fsp3) is 0.500. The summed E-state index contributed by atoms with van der Waals surface area (Å²) in [6, 6.07) is 0. The molecule has 0 spiro atoms. The summed E-state index contributed by atoms with van der Waals surface area (Å²) in [5, 5.41) is 8.81. The molecule has 0 aliphatic carbocycles. The third kappa shape index (κ3) is 2.06. The van der Waals surface area contributed by atoms with Gasteiger partial charge in [0.25, 0.3) is 0 Å². The largest absolute Gasteiger partial charge is 0.472 e. The van der Waals surface area contributed by atoms with Crippen molar-refractivity contribution in [2.45, 2.75) is 13.0 Å². The summed E-state index contributed by atoms with van der Waals surface area (Å²) in [6.07, 6.45) is 4.00. The van der Waals surface area contributed by atoms with Crippen molar-refractivity contribution in [2.75, 3.05) is 13.7 Å². The average Bonchev–Trinajstić information content (AvgIpc) is 2.47. The smallest absolute Gasteiger partial charge is 0.0960 e. The molecule has 0 aliphatic rings. The van der Waals surface area contributed by atoms with Crippen molar-refractivity contribution in [1.82, 2.24) is 0 Å². The highest BCUT2D eigenvalue weighted by Gasteiger charge is 2.02. The second-order valence-electron chi connectivity index (χ2n) is 2.32. The van der Waals surface area contributed by atoms with Gasteiger partial charge in [0.1, 0.15) is 0 Å². The SMILES string of the molecule is COCCc1cocc1CO. The van der Waals surface area contributed by atoms with E-state index < -0.39 is 0 Å². The van der Waals surface area contributed by atoms with Gasteiger partial charge in [-0.15, -0.1) is 0 Å². The zero-order chi connectivity index (χ0) is 8.10. The number of hydrogen-bond acceptors (Lipinski definition) is 3. The lowest BCUT2D eigenvalue weighted by Gasteiger charge is -1.97. The lowest BCUT2D eigenvalue weighted by molar-refractivity contribution is 0.201. The van der Waals surface area contributed by atoms with E-state index in [0.29, 0.717) is 6.61 Å². The summed E-state index contributed by atoms with van der Waals surface area (Å²) < 4.78 is 9.81. The third-order valence-corrected chi connectivity index (χ3v) is 1.58. The second-order valence-corrected chi connectivity index (χ2v) is 2.32. The zero-order valence-electron chi connectivity index (χ0n) is 6.54. The Labute approximate surface area is 65.6 Å². The Morgan fingerprint density at radius 2 is 2.18 bits per heavy atom. The van der Waals surface area contributed by atoms with Crippen molar-refractivity contribution in [3.63, 3.8) is 0 Å². The minimum absolute atomic E-state index is 0.0372. The molecule has 0 unspecified atom stereocenters. The first-order valence-corrected chi connectivity index (χ1v) is 3.52. The van der Waals surface area contributed by atoms with Gasteiger partial charge in [-0.2, -0.15) is 0 Å². The van der Waals surface area contributed by atoms with Crippen LogP contribution in [0.15, 0.2) is 16.9 Å². The first-order valence-electron chi connectivity index (χ1n) is 3.52. The van der Waals surface area contributed by atoms with Crippen molar-refractivity contribution < 1.29 is 14.3 Å². The molecular weight excluding hydrogens is 144 g/mol. The first kappa shape index (κ1) is 8.30. The van der Waals surface area contributed by atoms with Gasteiger partial charge >= 0.3 is 0 Å². The van der Waals surface area contributed by atoms with E-state index in [1.165, 1.54) is 0 Å². The molecule has 0 saturated heterocycles. The predicted octanol–water partition coefficient (Wildman–Crippen LogP) is 0.961. The molecule has 11 heavy (non-hydrogen) atoms. The maximum absolute atomic E-state index is 8.81. The van der Waals surface area contributed by atoms with Crippen LogP contribution in [-0.4, -0.2) is 18.8 Å². The molecule has 0 fully saturated rings. The quantitative estimate of drug-likeness (QED) is 0.706. The monoisotopic (exact) mass is 156 g/mol. The van der Waals surface area contributed by atoms with Gasteiger partial charge in [-0.25, -0.2) is 0 Å². The summed E-state index contributed by atoms with van der Waals surface area (Å²) >= 11 is 0. The Balaban J connectivity index is 2.54. The molecule has 1 rings (SSSR count). The van der Waals surface area contributed by atoms with E-state index in [-0.39, 0.29) is 6.61 Å². The molecular formula is C8H12O3. The van der Waals surface area contributed by atoms with Gasteiger partial charge in [0.15, 0.2) is 0 Å². The van der Waals surface area contributed by atoms with Gasteiger partial charge in [-0.1, -0.05) is 0 Å². The fourth-order valence-electron chi connectivity index (χ4n) is 0.920. The second kappa shape index (κ2) is 4.16. The molecule has 0 radical (unpaired) electrons. The predicted molar refractivity (Wildman–Crippen MR) is 40.2 cm³/mol.